The van der Waals surface area contributed by atoms with E-state index in [9.17, 15) is 5.11 Å². The molecule has 82 valence electrons. The van der Waals surface area contributed by atoms with Crippen LogP contribution in [0, 0.1) is 6.92 Å². The molecule has 2 heteroatoms. The monoisotopic (exact) mass is 205 g/mol. The van der Waals surface area contributed by atoms with Gasteiger partial charge in [-0.25, -0.2) is 0 Å². The first-order chi connectivity index (χ1) is 7.15. The van der Waals surface area contributed by atoms with Gasteiger partial charge in [0, 0.05) is 11.6 Å². The van der Waals surface area contributed by atoms with Crippen molar-refractivity contribution >= 4 is 0 Å². The average Bonchev–Trinajstić information content (AvgIpc) is 2.17. The Morgan fingerprint density at radius 2 is 2.27 bits per heavy atom. The quantitative estimate of drug-likeness (QED) is 0.572. The van der Waals surface area contributed by atoms with Gasteiger partial charge in [0.2, 0.25) is 0 Å². The highest BCUT2D eigenvalue weighted by Gasteiger charge is 2.08. The van der Waals surface area contributed by atoms with Crippen LogP contribution in [-0.4, -0.2) is 11.7 Å². The van der Waals surface area contributed by atoms with Crippen LogP contribution in [0.25, 0.3) is 0 Å². The van der Waals surface area contributed by atoms with Crippen LogP contribution < -0.4 is 5.32 Å². The minimum atomic E-state index is 0.172. The third-order valence-electron chi connectivity index (χ3n) is 2.45. The van der Waals surface area contributed by atoms with Gasteiger partial charge in [-0.3, -0.25) is 0 Å². The number of nitrogens with one attached hydrogen (secondary N) is 1. The van der Waals surface area contributed by atoms with E-state index < -0.39 is 0 Å². The normalized spacial score (nSPS) is 12.4. The molecule has 0 saturated carbocycles. The molecular weight excluding hydrogens is 186 g/mol. The molecule has 1 atom stereocenters. The Morgan fingerprint density at radius 3 is 2.87 bits per heavy atom. The van der Waals surface area contributed by atoms with Crippen LogP contribution >= 0.6 is 0 Å². The molecule has 15 heavy (non-hydrogen) atoms. The lowest BCUT2D eigenvalue weighted by molar-refractivity contribution is 0.453. The fourth-order valence-corrected chi connectivity index (χ4v) is 1.53. The van der Waals surface area contributed by atoms with Crippen molar-refractivity contribution in [1.82, 2.24) is 5.32 Å². The number of aryl methyl sites for hydroxylation is 1. The van der Waals surface area contributed by atoms with Gasteiger partial charge in [-0.1, -0.05) is 18.2 Å². The maximum absolute atomic E-state index is 9.76. The summed E-state index contributed by atoms with van der Waals surface area (Å²) in [7, 11) is 0. The molecule has 0 aliphatic rings. The van der Waals surface area contributed by atoms with Gasteiger partial charge in [-0.2, -0.15) is 0 Å². The molecule has 1 unspecified atom stereocenters. The zero-order chi connectivity index (χ0) is 11.3. The second kappa shape index (κ2) is 5.56. The lowest BCUT2D eigenvalue weighted by Gasteiger charge is -2.15. The van der Waals surface area contributed by atoms with Gasteiger partial charge in [0.15, 0.2) is 0 Å². The second-order valence-electron chi connectivity index (χ2n) is 3.82. The Balaban J connectivity index is 2.64. The molecule has 1 aromatic rings. The maximum Gasteiger partial charge on any atom is 0.120 e. The first-order valence-electron chi connectivity index (χ1n) is 5.29. The third-order valence-corrected chi connectivity index (χ3v) is 2.45. The molecule has 0 amide bonds. The number of phenolic OH excluding ortho intramolecular Hbond substituents is 1. The summed E-state index contributed by atoms with van der Waals surface area (Å²) in [6, 6.07) is 5.95. The first kappa shape index (κ1) is 11.8. The fraction of sp³-hybridized carbons (Fsp3) is 0.385. The molecule has 0 saturated heterocycles. The molecule has 0 aromatic heterocycles. The van der Waals surface area contributed by atoms with Crippen molar-refractivity contribution in [3.63, 3.8) is 0 Å². The molecule has 0 bridgehead atoms. The van der Waals surface area contributed by atoms with Gasteiger partial charge >= 0.3 is 0 Å². The van der Waals surface area contributed by atoms with E-state index in [1.165, 1.54) is 0 Å². The lowest BCUT2D eigenvalue weighted by Crippen LogP contribution is -2.19. The average molecular weight is 205 g/mol. The van der Waals surface area contributed by atoms with E-state index in [2.05, 4.69) is 11.9 Å². The number of rotatable bonds is 5. The molecule has 0 radical (unpaired) electrons. The molecule has 1 aromatic carbocycles. The first-order valence-corrected chi connectivity index (χ1v) is 5.29. The summed E-state index contributed by atoms with van der Waals surface area (Å²) >= 11 is 0. The van der Waals surface area contributed by atoms with E-state index in [1.54, 1.807) is 6.07 Å². The zero-order valence-electron chi connectivity index (χ0n) is 9.46. The van der Waals surface area contributed by atoms with Crippen molar-refractivity contribution in [2.75, 3.05) is 6.54 Å². The van der Waals surface area contributed by atoms with Crippen LogP contribution in [0.4, 0.5) is 0 Å². The second-order valence-corrected chi connectivity index (χ2v) is 3.82. The predicted octanol–water partition coefficient (Wildman–Crippen LogP) is 2.93. The Morgan fingerprint density at radius 1 is 1.53 bits per heavy atom. The maximum atomic E-state index is 9.76. The molecule has 0 spiro atoms. The van der Waals surface area contributed by atoms with Gasteiger partial charge in [-0.05, 0) is 38.4 Å². The summed E-state index contributed by atoms with van der Waals surface area (Å²) in [6.07, 6.45) is 2.83. The highest BCUT2D eigenvalue weighted by atomic mass is 16.3. The van der Waals surface area contributed by atoms with E-state index in [4.69, 9.17) is 0 Å². The molecule has 1 rings (SSSR count). The number of phenols is 1. The van der Waals surface area contributed by atoms with E-state index >= 15 is 0 Å². The Bertz CT molecular complexity index is 333. The van der Waals surface area contributed by atoms with Crippen molar-refractivity contribution in [3.05, 3.63) is 42.0 Å². The SMILES string of the molecule is C=CCCNC(C)c1ccc(C)cc1O. The van der Waals surface area contributed by atoms with Gasteiger partial charge in [-0.15, -0.1) is 6.58 Å². The lowest BCUT2D eigenvalue weighted by atomic mass is 10.1. The standard InChI is InChI=1S/C13H19NO/c1-4-5-8-14-11(3)12-7-6-10(2)9-13(12)15/h4,6-7,9,11,14-15H,1,5,8H2,2-3H3. The minimum Gasteiger partial charge on any atom is -0.508 e. The summed E-state index contributed by atoms with van der Waals surface area (Å²) in [4.78, 5) is 0. The molecule has 0 aliphatic carbocycles. The molecule has 2 N–H and O–H groups in total. The molecule has 0 aliphatic heterocycles. The Labute approximate surface area is 91.6 Å². The zero-order valence-corrected chi connectivity index (χ0v) is 9.46. The summed E-state index contributed by atoms with van der Waals surface area (Å²) < 4.78 is 0. The highest BCUT2D eigenvalue weighted by molar-refractivity contribution is 5.37. The number of aromatic hydroxyl groups is 1. The van der Waals surface area contributed by atoms with Crippen molar-refractivity contribution in [2.24, 2.45) is 0 Å². The van der Waals surface area contributed by atoms with Crippen LogP contribution in [0.2, 0.25) is 0 Å². The van der Waals surface area contributed by atoms with Gasteiger partial charge in [0.05, 0.1) is 0 Å². The summed E-state index contributed by atoms with van der Waals surface area (Å²) in [6.45, 7) is 8.58. The highest BCUT2D eigenvalue weighted by Crippen LogP contribution is 2.24. The molecule has 0 fully saturated rings. The summed E-state index contributed by atoms with van der Waals surface area (Å²) in [5.74, 6) is 0.369. The number of hydrogen-bond donors (Lipinski definition) is 2. The molecule has 0 heterocycles. The predicted molar refractivity (Wildman–Crippen MR) is 64.1 cm³/mol. The van der Waals surface area contributed by atoms with Crippen LogP contribution in [0.1, 0.15) is 30.5 Å². The van der Waals surface area contributed by atoms with E-state index in [1.807, 2.05) is 32.1 Å². The van der Waals surface area contributed by atoms with Crippen LogP contribution in [-0.2, 0) is 0 Å². The summed E-state index contributed by atoms with van der Waals surface area (Å²) in [5, 5.41) is 13.1. The van der Waals surface area contributed by atoms with Crippen molar-refractivity contribution < 1.29 is 5.11 Å². The fourth-order valence-electron chi connectivity index (χ4n) is 1.53. The van der Waals surface area contributed by atoms with Crippen molar-refractivity contribution in [1.29, 1.82) is 0 Å². The minimum absolute atomic E-state index is 0.172. The summed E-state index contributed by atoms with van der Waals surface area (Å²) in [5.41, 5.74) is 2.03. The van der Waals surface area contributed by atoms with Crippen LogP contribution in [0.5, 0.6) is 5.75 Å². The smallest absolute Gasteiger partial charge is 0.120 e. The van der Waals surface area contributed by atoms with Gasteiger partial charge in [0.25, 0.3) is 0 Å². The van der Waals surface area contributed by atoms with Crippen molar-refractivity contribution in [2.45, 2.75) is 26.3 Å². The largest absolute Gasteiger partial charge is 0.508 e. The Kier molecular flexibility index (Phi) is 4.37. The van der Waals surface area contributed by atoms with E-state index in [-0.39, 0.29) is 6.04 Å². The molecule has 2 nitrogen and oxygen atoms in total. The topological polar surface area (TPSA) is 32.3 Å². The number of hydrogen-bond acceptors (Lipinski definition) is 2. The molecular formula is C13H19NO. The van der Waals surface area contributed by atoms with Gasteiger partial charge in [0.1, 0.15) is 5.75 Å². The van der Waals surface area contributed by atoms with E-state index in [0.717, 1.165) is 24.1 Å². The van der Waals surface area contributed by atoms with E-state index in [0.29, 0.717) is 5.75 Å². The number of benzene rings is 1. The Hall–Kier alpha value is -1.28. The third kappa shape index (κ3) is 3.40. The van der Waals surface area contributed by atoms with Gasteiger partial charge < -0.3 is 10.4 Å². The van der Waals surface area contributed by atoms with Crippen LogP contribution in [0.15, 0.2) is 30.9 Å². The van der Waals surface area contributed by atoms with Crippen molar-refractivity contribution in [3.8, 4) is 5.75 Å². The van der Waals surface area contributed by atoms with Crippen LogP contribution in [0.3, 0.4) is 0 Å².